The van der Waals surface area contributed by atoms with E-state index in [1.54, 1.807) is 6.21 Å². The summed E-state index contributed by atoms with van der Waals surface area (Å²) in [4.78, 5) is 7.67. The molecule has 0 amide bonds. The summed E-state index contributed by atoms with van der Waals surface area (Å²) in [6.45, 7) is 0.412. The summed E-state index contributed by atoms with van der Waals surface area (Å²) in [6.07, 6.45) is 1.68. The first-order valence-electron chi connectivity index (χ1n) is 9.63. The van der Waals surface area contributed by atoms with Gasteiger partial charge in [-0.2, -0.15) is 10.1 Å². The average Bonchev–Trinajstić information content (AvgIpc) is 3.17. The van der Waals surface area contributed by atoms with Gasteiger partial charge < -0.3 is 9.72 Å². The van der Waals surface area contributed by atoms with Crippen LogP contribution in [0.25, 0.3) is 22.1 Å². The van der Waals surface area contributed by atoms with E-state index in [4.69, 9.17) is 16.3 Å². The fourth-order valence-corrected chi connectivity index (χ4v) is 3.35. The van der Waals surface area contributed by atoms with Crippen LogP contribution in [0.5, 0.6) is 5.75 Å². The summed E-state index contributed by atoms with van der Waals surface area (Å²) >= 11 is 6.16. The Bertz CT molecular complexity index is 1380. The zero-order chi connectivity index (χ0) is 21.0. The lowest BCUT2D eigenvalue weighted by Gasteiger charge is -2.07. The molecule has 7 nitrogen and oxygen atoms in total. The van der Waals surface area contributed by atoms with Crippen LogP contribution in [0.2, 0.25) is 5.02 Å². The Labute approximate surface area is 182 Å². The Morgan fingerprint density at radius 1 is 0.968 bits per heavy atom. The Balaban J connectivity index is 1.22. The van der Waals surface area contributed by atoms with Crippen LogP contribution in [0.15, 0.2) is 77.9 Å². The second-order valence-electron chi connectivity index (χ2n) is 6.82. The molecule has 0 atom stereocenters. The van der Waals surface area contributed by atoms with Gasteiger partial charge in [0, 0.05) is 21.5 Å². The zero-order valence-corrected chi connectivity index (χ0v) is 17.0. The van der Waals surface area contributed by atoms with E-state index in [0.29, 0.717) is 23.2 Å². The summed E-state index contributed by atoms with van der Waals surface area (Å²) < 4.78 is 5.79. The van der Waals surface area contributed by atoms with Crippen LogP contribution in [-0.2, 0) is 6.61 Å². The predicted octanol–water partition coefficient (Wildman–Crippen LogP) is 5.18. The quantitative estimate of drug-likeness (QED) is 0.287. The van der Waals surface area contributed by atoms with Crippen molar-refractivity contribution in [3.8, 4) is 5.75 Å². The molecule has 2 aromatic heterocycles. The number of aromatic nitrogens is 4. The molecule has 0 fully saturated rings. The number of halogens is 1. The molecule has 5 rings (SSSR count). The fraction of sp³-hybridized carbons (Fsp3) is 0.0435. The topological polar surface area (TPSA) is 88.1 Å². The summed E-state index contributed by atoms with van der Waals surface area (Å²) in [5.41, 5.74) is 7.02. The van der Waals surface area contributed by atoms with Crippen molar-refractivity contribution in [3.63, 3.8) is 0 Å². The summed E-state index contributed by atoms with van der Waals surface area (Å²) in [5.74, 6) is 1.07. The van der Waals surface area contributed by atoms with E-state index in [0.717, 1.165) is 33.3 Å². The number of anilines is 1. The minimum atomic E-state index is 0.315. The molecule has 0 spiro atoms. The number of ether oxygens (including phenoxy) is 1. The lowest BCUT2D eigenvalue weighted by molar-refractivity contribution is 0.306. The lowest BCUT2D eigenvalue weighted by Crippen LogP contribution is -1.99. The predicted molar refractivity (Wildman–Crippen MR) is 123 cm³/mol. The van der Waals surface area contributed by atoms with Gasteiger partial charge in [-0.05, 0) is 42.0 Å². The molecule has 8 heteroatoms. The lowest BCUT2D eigenvalue weighted by atomic mass is 10.2. The standard InChI is InChI=1S/C23H17ClN6O/c24-19-7-3-1-5-16(19)14-31-17-11-9-15(10-12-17)13-25-29-23-27-22-21(28-30-23)18-6-2-4-8-20(18)26-22/h1-13H,14H2,(H2,26,27,29,30)/b25-13+. The molecule has 0 aliphatic carbocycles. The first-order valence-corrected chi connectivity index (χ1v) is 10.0. The number of hydrogen-bond acceptors (Lipinski definition) is 6. The summed E-state index contributed by atoms with van der Waals surface area (Å²) in [5, 5.41) is 14.2. The summed E-state index contributed by atoms with van der Waals surface area (Å²) in [7, 11) is 0. The van der Waals surface area contributed by atoms with Gasteiger partial charge in [-0.25, -0.2) is 5.43 Å². The molecule has 3 aromatic carbocycles. The monoisotopic (exact) mass is 428 g/mol. The van der Waals surface area contributed by atoms with Gasteiger partial charge in [-0.15, -0.1) is 10.2 Å². The van der Waals surface area contributed by atoms with Crippen LogP contribution < -0.4 is 10.2 Å². The van der Waals surface area contributed by atoms with Gasteiger partial charge in [-0.3, -0.25) is 0 Å². The van der Waals surface area contributed by atoms with Crippen molar-refractivity contribution in [3.05, 3.63) is 88.9 Å². The molecule has 0 saturated heterocycles. The normalized spacial score (nSPS) is 11.4. The Morgan fingerprint density at radius 3 is 2.65 bits per heavy atom. The van der Waals surface area contributed by atoms with E-state index in [1.165, 1.54) is 0 Å². The highest BCUT2D eigenvalue weighted by Gasteiger charge is 2.08. The smallest absolute Gasteiger partial charge is 0.265 e. The second-order valence-corrected chi connectivity index (χ2v) is 7.23. The van der Waals surface area contributed by atoms with E-state index in [-0.39, 0.29) is 0 Å². The number of hydrazone groups is 1. The van der Waals surface area contributed by atoms with Gasteiger partial charge in [0.25, 0.3) is 5.95 Å². The fourth-order valence-electron chi connectivity index (χ4n) is 3.16. The molecule has 0 bridgehead atoms. The van der Waals surface area contributed by atoms with Crippen LogP contribution in [0, 0.1) is 0 Å². The maximum Gasteiger partial charge on any atom is 0.265 e. The van der Waals surface area contributed by atoms with Gasteiger partial charge >= 0.3 is 0 Å². The molecular weight excluding hydrogens is 412 g/mol. The first-order chi connectivity index (χ1) is 15.3. The maximum absolute atomic E-state index is 6.16. The van der Waals surface area contributed by atoms with Crippen molar-refractivity contribution in [1.29, 1.82) is 0 Å². The van der Waals surface area contributed by atoms with Crippen LogP contribution >= 0.6 is 11.6 Å². The van der Waals surface area contributed by atoms with E-state index < -0.39 is 0 Å². The highest BCUT2D eigenvalue weighted by Crippen LogP contribution is 2.22. The number of nitrogens with one attached hydrogen (secondary N) is 2. The molecule has 0 saturated carbocycles. The first kappa shape index (κ1) is 19.0. The highest BCUT2D eigenvalue weighted by molar-refractivity contribution is 6.31. The number of rotatable bonds is 6. The van der Waals surface area contributed by atoms with E-state index in [2.05, 4.69) is 30.7 Å². The van der Waals surface area contributed by atoms with Crippen LogP contribution in [0.4, 0.5) is 5.95 Å². The van der Waals surface area contributed by atoms with Gasteiger partial charge in [0.05, 0.1) is 6.21 Å². The maximum atomic E-state index is 6.16. The molecule has 2 heterocycles. The van der Waals surface area contributed by atoms with E-state index in [9.17, 15) is 0 Å². The molecule has 31 heavy (non-hydrogen) atoms. The van der Waals surface area contributed by atoms with Crippen LogP contribution in [0.3, 0.4) is 0 Å². The average molecular weight is 429 g/mol. The van der Waals surface area contributed by atoms with Gasteiger partial charge in [0.1, 0.15) is 17.9 Å². The minimum absolute atomic E-state index is 0.315. The number of nitrogens with zero attached hydrogens (tertiary/aromatic N) is 4. The van der Waals surface area contributed by atoms with Gasteiger partial charge in [0.2, 0.25) is 0 Å². The van der Waals surface area contributed by atoms with Gasteiger partial charge in [-0.1, -0.05) is 48.0 Å². The number of fused-ring (bicyclic) bond motifs is 3. The van der Waals surface area contributed by atoms with Gasteiger partial charge in [0.15, 0.2) is 5.65 Å². The molecular formula is C23H17ClN6O. The van der Waals surface area contributed by atoms with Crippen molar-refractivity contribution in [2.45, 2.75) is 6.61 Å². The molecule has 2 N–H and O–H groups in total. The zero-order valence-electron chi connectivity index (χ0n) is 16.3. The third-order valence-electron chi connectivity index (χ3n) is 4.73. The Kier molecular flexibility index (Phi) is 5.16. The molecule has 0 radical (unpaired) electrons. The minimum Gasteiger partial charge on any atom is -0.489 e. The number of aromatic amines is 1. The van der Waals surface area contributed by atoms with Crippen LogP contribution in [-0.4, -0.2) is 26.4 Å². The van der Waals surface area contributed by atoms with Crippen molar-refractivity contribution in [2.75, 3.05) is 5.43 Å². The van der Waals surface area contributed by atoms with Crippen molar-refractivity contribution in [1.82, 2.24) is 20.2 Å². The largest absolute Gasteiger partial charge is 0.489 e. The number of para-hydroxylation sites is 1. The molecule has 5 aromatic rings. The van der Waals surface area contributed by atoms with Crippen molar-refractivity contribution in [2.24, 2.45) is 5.10 Å². The SMILES string of the molecule is Clc1ccccc1COc1ccc(/C=N/Nc2nnc3c(n2)[nH]c2ccccc23)cc1. The summed E-state index contributed by atoms with van der Waals surface area (Å²) in [6, 6.07) is 23.1. The van der Waals surface area contributed by atoms with Crippen molar-refractivity contribution < 1.29 is 4.74 Å². The second kappa shape index (κ2) is 8.41. The molecule has 0 aliphatic rings. The van der Waals surface area contributed by atoms with E-state index >= 15 is 0 Å². The third-order valence-corrected chi connectivity index (χ3v) is 5.10. The van der Waals surface area contributed by atoms with Crippen LogP contribution in [0.1, 0.15) is 11.1 Å². The number of H-pyrrole nitrogens is 1. The number of hydrogen-bond donors (Lipinski definition) is 2. The third kappa shape index (κ3) is 4.17. The van der Waals surface area contributed by atoms with Crippen molar-refractivity contribution >= 4 is 45.8 Å². The Morgan fingerprint density at radius 2 is 1.77 bits per heavy atom. The highest BCUT2D eigenvalue weighted by atomic mass is 35.5. The van der Waals surface area contributed by atoms with E-state index in [1.807, 2.05) is 72.8 Å². The number of benzene rings is 3. The molecule has 152 valence electrons. The molecule has 0 aliphatic heterocycles. The Hall–Kier alpha value is -3.97. The molecule has 0 unspecified atom stereocenters.